The van der Waals surface area contributed by atoms with Crippen LogP contribution in [-0.2, 0) is 0 Å². The molecule has 12 rings (SSSR count). The van der Waals surface area contributed by atoms with Crippen LogP contribution in [0.25, 0.3) is 0 Å². The van der Waals surface area contributed by atoms with Crippen molar-refractivity contribution in [2.75, 3.05) is 0 Å². The highest BCUT2D eigenvalue weighted by Gasteiger charge is 2.49. The summed E-state index contributed by atoms with van der Waals surface area (Å²) in [7, 11) is -12.0. The van der Waals surface area contributed by atoms with Gasteiger partial charge in [0, 0.05) is 112 Å². The number of hydrogen-bond donors (Lipinski definition) is 0. The maximum Gasteiger partial charge on any atom is 0.146 e. The molecule has 0 heterocycles. The molecule has 0 saturated carbocycles. The molecule has 0 N–H and O–H groups in total. The molecule has 0 radical (unpaired) electrons. The lowest BCUT2D eigenvalue weighted by molar-refractivity contribution is 0.752. The second kappa shape index (κ2) is 46.4. The minimum Gasteiger partial charge on any atom is -0.125 e. The van der Waals surface area contributed by atoms with Crippen molar-refractivity contribution in [1.29, 1.82) is 0 Å². The predicted molar refractivity (Wildman–Crippen MR) is 623 cm³/mol. The smallest absolute Gasteiger partial charge is 0.125 e. The van der Waals surface area contributed by atoms with Gasteiger partial charge in [0.1, 0.15) is 48.4 Å². The highest BCUT2D eigenvalue weighted by molar-refractivity contribution is 6.93. The predicted octanol–water partition coefficient (Wildman–Crippen LogP) is 34.5. The molecular formula is C134H158Si6. The Morgan fingerprint density at radius 2 is 0.214 bits per heavy atom. The van der Waals surface area contributed by atoms with Crippen molar-refractivity contribution < 1.29 is 0 Å². The molecular weight excluding hydrogens is 1780 g/mol. The highest BCUT2D eigenvalue weighted by Crippen LogP contribution is 2.58. The quantitative estimate of drug-likeness (QED) is 0.0593. The van der Waals surface area contributed by atoms with Gasteiger partial charge in [0.25, 0.3) is 0 Å². The fourth-order valence-corrected chi connectivity index (χ4v) is 56.7. The molecule has 718 valence electrons. The van der Waals surface area contributed by atoms with Gasteiger partial charge >= 0.3 is 0 Å². The minimum absolute atomic E-state index is 0.316. The first-order valence-electron chi connectivity index (χ1n) is 52.6. The zero-order valence-corrected chi connectivity index (χ0v) is 97.9. The summed E-state index contributed by atoms with van der Waals surface area (Å²) in [5.74, 6) is 66.8. The van der Waals surface area contributed by atoms with Crippen LogP contribution in [0.3, 0.4) is 0 Å². The molecule has 0 amide bonds. The van der Waals surface area contributed by atoms with Crippen LogP contribution in [0.5, 0.6) is 0 Å². The van der Waals surface area contributed by atoms with Gasteiger partial charge in [-0.2, -0.15) is 0 Å². The number of rotatable bonds is 18. The fourth-order valence-electron chi connectivity index (χ4n) is 25.4. The molecule has 0 atom stereocenters. The Balaban J connectivity index is 1.20. The molecule has 0 aliphatic heterocycles. The Hall–Kier alpha value is -11.0. The monoisotopic (exact) mass is 1940 g/mol. The first kappa shape index (κ1) is 109. The van der Waals surface area contributed by atoms with Gasteiger partial charge in [-0.3, -0.25) is 0 Å². The Morgan fingerprint density at radius 3 is 0.300 bits per heavy atom. The van der Waals surface area contributed by atoms with Crippen LogP contribution < -0.4 is 0 Å². The van der Waals surface area contributed by atoms with E-state index in [1.54, 1.807) is 0 Å². The van der Waals surface area contributed by atoms with Crippen LogP contribution in [0.1, 0.15) is 395 Å². The molecule has 0 unspecified atom stereocenters. The second-order valence-electron chi connectivity index (χ2n) is 45.8. The topological polar surface area (TPSA) is 0 Å². The summed E-state index contributed by atoms with van der Waals surface area (Å²) in [5, 5.41) is 0. The lowest BCUT2D eigenvalue weighted by atomic mass is 9.59. The van der Waals surface area contributed by atoms with Crippen molar-refractivity contribution in [3.8, 4) is 140 Å². The van der Waals surface area contributed by atoms with E-state index in [2.05, 4.69) is 571 Å². The van der Waals surface area contributed by atoms with Crippen molar-refractivity contribution in [2.45, 2.75) is 361 Å². The van der Waals surface area contributed by atoms with Crippen LogP contribution in [0.4, 0.5) is 0 Å². The van der Waals surface area contributed by atoms with Crippen molar-refractivity contribution in [3.05, 3.63) is 316 Å². The Bertz CT molecular complexity index is 5620. The Labute approximate surface area is 857 Å². The summed E-state index contributed by atoms with van der Waals surface area (Å²) >= 11 is 0. The summed E-state index contributed by atoms with van der Waals surface area (Å²) in [6.07, 6.45) is 0. The molecule has 6 heteroatoms. The van der Waals surface area contributed by atoms with Crippen LogP contribution >= 0.6 is 0 Å². The van der Waals surface area contributed by atoms with E-state index in [1.165, 1.54) is 0 Å². The highest BCUT2D eigenvalue weighted by atomic mass is 28.3. The maximum atomic E-state index is 3.97. The van der Waals surface area contributed by atoms with Crippen molar-refractivity contribution in [2.24, 2.45) is 0 Å². The lowest BCUT2D eigenvalue weighted by Crippen LogP contribution is -2.43. The molecule has 9 aromatic rings. The first-order chi connectivity index (χ1) is 66.1. The number of benzene rings is 9. The second-order valence-corrected chi connectivity index (χ2v) is 79.3. The van der Waals surface area contributed by atoms with Gasteiger partial charge < -0.3 is 0 Å². The molecule has 0 fully saturated rings. The van der Waals surface area contributed by atoms with E-state index in [1.807, 2.05) is 0 Å². The molecule has 0 nitrogen and oxygen atoms in total. The van der Waals surface area contributed by atoms with Gasteiger partial charge in [-0.15, -0.1) is 33.3 Å². The van der Waals surface area contributed by atoms with E-state index in [4.69, 9.17) is 0 Å². The molecule has 3 aliphatic carbocycles. The molecule has 2 bridgehead atoms. The van der Waals surface area contributed by atoms with Gasteiger partial charge in [0.2, 0.25) is 0 Å². The zero-order chi connectivity index (χ0) is 103. The first-order valence-corrected chi connectivity index (χ1v) is 66.0. The average molecular weight is 1940 g/mol. The molecule has 0 spiro atoms. The fraction of sp³-hybridized carbons (Fsp3) is 0.418. The maximum absolute atomic E-state index is 3.97. The standard InChI is InChI=1S/C134H158Si6/c1-91(2)135(92(3)4,93(5)6)79-73-115-49-37-109(38-50-115)61-67-121-85-127-128(86-122(121)68-62-110-39-51-116(52-40-110)74-80-136(94(7)8,95(9)10)96(11)12)134-131-89-125(71-65-113-45-57-119(58-46-113)77-83-139(103(25)26,104(27)28)105(29)30)123(69-63-111-41-53-117(54-42-111)75-81-137(97(13)14,98(15)16)99(17)18)87-129(131)133(127)130-88-124(70-64-112-43-55-118(56-44-112)76-82-138(100(19)20,101(21)22)102(23)24)126(90-132(130)134)72-66-114-47-59-120(60-48-114)78-84-140(106(31)32,107(33)34)108(35)36/h37-60,85-108,133-134H,1-36H3. The van der Waals surface area contributed by atoms with Crippen LogP contribution in [0, 0.1) is 140 Å². The Kier molecular flexibility index (Phi) is 36.2. The average Bonchev–Trinajstić information content (AvgIpc) is 0.689. The molecule has 0 saturated heterocycles. The van der Waals surface area contributed by atoms with E-state index in [-0.39, 0.29) is 11.8 Å². The lowest BCUT2D eigenvalue weighted by Gasteiger charge is -2.43. The molecule has 3 aliphatic rings. The van der Waals surface area contributed by atoms with E-state index in [9.17, 15) is 0 Å². The largest absolute Gasteiger partial charge is 0.146 e. The summed E-state index contributed by atoms with van der Waals surface area (Å²) in [6, 6.07) is 65.7. The number of hydrogen-bond acceptors (Lipinski definition) is 0. The zero-order valence-electron chi connectivity index (χ0n) is 91.9. The third-order valence-corrected chi connectivity index (χ3v) is 70.4. The third kappa shape index (κ3) is 23.2. The van der Waals surface area contributed by atoms with Gasteiger partial charge in [-0.1, -0.05) is 356 Å². The SMILES string of the molecule is CC(C)[Si](C#Cc1ccc(C#Cc2cc3c(cc2C#Cc2ccc(C#C[Si](C(C)C)(C(C)C)C(C)C)cc2)C2c4cc(C#Cc5ccc(C#C[Si](C(C)C)(C(C)C)C(C)C)cc5)c(C#Cc5ccc(C#C[Si](C(C)C)(C(C)C)C(C)C)cc5)cc4C3c3cc(C#Cc4ccc(C#C[Si](C(C)C)(C(C)C)C(C)C)cc4)c(C#Cc4ccc(C#C[Si](C(C)C)(C(C)C)C(C)C)cc4)cc32)cc1)(C(C)C)C(C)C. The van der Waals surface area contributed by atoms with E-state index < -0.39 is 48.4 Å². The summed E-state index contributed by atoms with van der Waals surface area (Å²) < 4.78 is 0. The van der Waals surface area contributed by atoms with E-state index in [0.717, 1.165) is 134 Å². The van der Waals surface area contributed by atoms with Gasteiger partial charge in [-0.05, 0) is 315 Å². The minimum atomic E-state index is -2.00. The van der Waals surface area contributed by atoms with E-state index >= 15 is 0 Å². The summed E-state index contributed by atoms with van der Waals surface area (Å²) in [5.41, 5.74) is 56.7. The van der Waals surface area contributed by atoms with Crippen LogP contribution in [0.2, 0.25) is 99.7 Å². The van der Waals surface area contributed by atoms with Crippen molar-refractivity contribution in [1.82, 2.24) is 0 Å². The van der Waals surface area contributed by atoms with E-state index in [0.29, 0.717) is 99.7 Å². The molecule has 140 heavy (non-hydrogen) atoms. The molecule has 0 aromatic heterocycles. The van der Waals surface area contributed by atoms with Crippen LogP contribution in [0.15, 0.2) is 182 Å². The van der Waals surface area contributed by atoms with Crippen molar-refractivity contribution in [3.63, 3.8) is 0 Å². The normalized spacial score (nSPS) is 13.3. The Morgan fingerprint density at radius 1 is 0.129 bits per heavy atom. The summed E-state index contributed by atoms with van der Waals surface area (Å²) in [4.78, 5) is 0. The summed E-state index contributed by atoms with van der Waals surface area (Å²) in [6.45, 7) is 85.6. The van der Waals surface area contributed by atoms with Gasteiger partial charge in [0.05, 0.1) is 0 Å². The van der Waals surface area contributed by atoms with Crippen LogP contribution in [-0.4, -0.2) is 48.4 Å². The third-order valence-electron chi connectivity index (χ3n) is 32.6. The van der Waals surface area contributed by atoms with Crippen molar-refractivity contribution >= 4 is 48.4 Å². The molecule has 9 aromatic carbocycles. The van der Waals surface area contributed by atoms with Gasteiger partial charge in [-0.25, -0.2) is 0 Å². The van der Waals surface area contributed by atoms with Gasteiger partial charge in [0.15, 0.2) is 0 Å².